The number of aromatic nitrogens is 1. The van der Waals surface area contributed by atoms with Gasteiger partial charge in [-0.2, -0.15) is 0 Å². The minimum absolute atomic E-state index is 1.05. The van der Waals surface area contributed by atoms with E-state index in [1.54, 1.807) is 0 Å². The van der Waals surface area contributed by atoms with Crippen LogP contribution in [0.3, 0.4) is 0 Å². The molecule has 0 radical (unpaired) electrons. The maximum absolute atomic E-state index is 3.62. The molecule has 0 fully saturated rings. The van der Waals surface area contributed by atoms with Crippen molar-refractivity contribution in [1.82, 2.24) is 4.57 Å². The summed E-state index contributed by atoms with van der Waals surface area (Å²) < 4.78 is 6.29. The van der Waals surface area contributed by atoms with E-state index in [2.05, 4.69) is 142 Å². The molecule has 2 aromatic heterocycles. The van der Waals surface area contributed by atoms with Crippen molar-refractivity contribution in [2.45, 2.75) is 12.8 Å². The molecule has 0 unspecified atom stereocenters. The van der Waals surface area contributed by atoms with Gasteiger partial charge in [-0.15, -0.1) is 11.3 Å². The van der Waals surface area contributed by atoms with Gasteiger partial charge in [0, 0.05) is 47.0 Å². The minimum atomic E-state index is 1.05. The van der Waals surface area contributed by atoms with Gasteiger partial charge < -0.3 is 4.57 Å². The molecule has 0 saturated carbocycles. The lowest BCUT2D eigenvalue weighted by Crippen LogP contribution is -2.02. The van der Waals surface area contributed by atoms with E-state index >= 15 is 0 Å². The van der Waals surface area contributed by atoms with Crippen molar-refractivity contribution in [1.29, 1.82) is 0 Å². The number of benzene rings is 5. The maximum atomic E-state index is 3.62. The zero-order valence-corrected chi connectivity index (χ0v) is 23.6. The number of allylic oxidation sites excluding steroid dienone is 1. The van der Waals surface area contributed by atoms with Crippen LogP contribution in [0.25, 0.3) is 65.1 Å². The largest absolute Gasteiger partial charge is 0.313 e. The Labute approximate surface area is 239 Å². The zero-order chi connectivity index (χ0) is 25.9. The first kappa shape index (κ1) is 23.0. The predicted octanol–water partition coefficient (Wildman–Crippen LogP) is 11.1. The Balaban J connectivity index is 1.30. The van der Waals surface area contributed by atoms with Crippen LogP contribution >= 0.6 is 27.3 Å². The highest BCUT2D eigenvalue weighted by Crippen LogP contribution is 2.40. The Kier molecular flexibility index (Phi) is 5.36. The van der Waals surface area contributed by atoms with Gasteiger partial charge in [-0.05, 0) is 89.7 Å². The van der Waals surface area contributed by atoms with Crippen LogP contribution in [-0.2, 0) is 6.42 Å². The molecule has 1 aliphatic carbocycles. The van der Waals surface area contributed by atoms with Crippen LogP contribution in [0.5, 0.6) is 0 Å². The molecule has 0 amide bonds. The molecule has 0 atom stereocenters. The van der Waals surface area contributed by atoms with E-state index in [9.17, 15) is 0 Å². The summed E-state index contributed by atoms with van der Waals surface area (Å²) in [5, 5.41) is 4.01. The molecular weight excluding hydrogens is 558 g/mol. The third-order valence-electron chi connectivity index (χ3n) is 7.91. The number of thiophene rings is 1. The Hall–Kier alpha value is -3.92. The van der Waals surface area contributed by atoms with Crippen LogP contribution in [0, 0.1) is 0 Å². The number of fused-ring (bicyclic) bond motifs is 6. The van der Waals surface area contributed by atoms with Gasteiger partial charge in [-0.1, -0.05) is 82.7 Å². The molecule has 0 spiro atoms. The summed E-state index contributed by atoms with van der Waals surface area (Å²) in [6, 6.07) is 40.1. The van der Waals surface area contributed by atoms with E-state index in [0.717, 1.165) is 17.3 Å². The van der Waals surface area contributed by atoms with Gasteiger partial charge >= 0.3 is 0 Å². The van der Waals surface area contributed by atoms with Crippen molar-refractivity contribution in [3.05, 3.63) is 131 Å². The molecule has 0 N–H and O–H groups in total. The molecule has 3 heteroatoms. The molecule has 2 heterocycles. The summed E-state index contributed by atoms with van der Waals surface area (Å²) in [5.74, 6) is 0. The Bertz CT molecular complexity index is 2090. The topological polar surface area (TPSA) is 4.93 Å². The molecule has 186 valence electrons. The number of hydrogen-bond acceptors (Lipinski definition) is 1. The second kappa shape index (κ2) is 9.08. The minimum Gasteiger partial charge on any atom is -0.313 e. The first-order valence-corrected chi connectivity index (χ1v) is 15.0. The fourth-order valence-corrected chi connectivity index (χ4v) is 7.58. The summed E-state index contributed by atoms with van der Waals surface area (Å²) >= 11 is 5.50. The standard InChI is InChI=1S/C36H24BrNS/c37-27-10-6-9-25(20-27)23-7-5-8-24(19-23)26-15-17-34-31(21-26)29-11-1-3-13-33(29)38(34)28-16-18-36-32(22-28)30-12-2-4-14-35(30)39-36/h1-2,4-12,14-22H,3,13H2. The van der Waals surface area contributed by atoms with Gasteiger partial charge in [0.25, 0.3) is 0 Å². The van der Waals surface area contributed by atoms with E-state index in [1.807, 2.05) is 11.3 Å². The van der Waals surface area contributed by atoms with Crippen molar-refractivity contribution in [3.8, 4) is 27.9 Å². The zero-order valence-electron chi connectivity index (χ0n) is 21.2. The molecule has 1 nitrogen and oxygen atoms in total. The van der Waals surface area contributed by atoms with Crippen LogP contribution in [-0.4, -0.2) is 4.57 Å². The summed E-state index contributed by atoms with van der Waals surface area (Å²) in [6.45, 7) is 0. The third-order valence-corrected chi connectivity index (χ3v) is 9.56. The van der Waals surface area contributed by atoms with Crippen molar-refractivity contribution in [2.24, 2.45) is 0 Å². The predicted molar refractivity (Wildman–Crippen MR) is 172 cm³/mol. The lowest BCUT2D eigenvalue weighted by atomic mass is 9.96. The number of halogens is 1. The third kappa shape index (κ3) is 3.80. The van der Waals surface area contributed by atoms with Crippen molar-refractivity contribution in [2.75, 3.05) is 0 Å². The van der Waals surface area contributed by atoms with Gasteiger partial charge in [0.2, 0.25) is 0 Å². The second-order valence-corrected chi connectivity index (χ2v) is 12.2. The normalized spacial score (nSPS) is 12.9. The summed E-state index contributed by atoms with van der Waals surface area (Å²) in [6.07, 6.45) is 6.78. The molecule has 8 rings (SSSR count). The monoisotopic (exact) mass is 581 g/mol. The van der Waals surface area contributed by atoms with Crippen LogP contribution < -0.4 is 0 Å². The van der Waals surface area contributed by atoms with Gasteiger partial charge in [0.1, 0.15) is 0 Å². The number of hydrogen-bond donors (Lipinski definition) is 0. The van der Waals surface area contributed by atoms with E-state index < -0.39 is 0 Å². The molecule has 0 bridgehead atoms. The van der Waals surface area contributed by atoms with Crippen molar-refractivity contribution >= 4 is 64.4 Å². The smallest absolute Gasteiger partial charge is 0.0538 e. The maximum Gasteiger partial charge on any atom is 0.0538 e. The Morgan fingerprint density at radius 3 is 2.26 bits per heavy atom. The number of nitrogens with zero attached hydrogens (tertiary/aromatic N) is 1. The molecule has 39 heavy (non-hydrogen) atoms. The van der Waals surface area contributed by atoms with Gasteiger partial charge in [-0.25, -0.2) is 0 Å². The van der Waals surface area contributed by atoms with E-state index in [4.69, 9.17) is 0 Å². The SMILES string of the molecule is Brc1cccc(-c2cccc(-c3ccc4c(c3)c3c(n4-c4ccc5sc6ccccc6c5c4)CCC=C3)c2)c1. The molecule has 0 aliphatic heterocycles. The first-order valence-electron chi connectivity index (χ1n) is 13.3. The Morgan fingerprint density at radius 2 is 1.38 bits per heavy atom. The van der Waals surface area contributed by atoms with Gasteiger partial charge in [-0.3, -0.25) is 0 Å². The molecule has 7 aromatic rings. The van der Waals surface area contributed by atoms with Crippen LogP contribution in [0.15, 0.2) is 120 Å². The van der Waals surface area contributed by atoms with E-state index in [0.29, 0.717) is 0 Å². The summed E-state index contributed by atoms with van der Waals surface area (Å²) in [5.41, 5.74) is 10.2. The van der Waals surface area contributed by atoms with E-state index in [-0.39, 0.29) is 0 Å². The lowest BCUT2D eigenvalue weighted by molar-refractivity contribution is 0.889. The Morgan fingerprint density at radius 1 is 0.615 bits per heavy atom. The van der Waals surface area contributed by atoms with Crippen LogP contribution in [0.4, 0.5) is 0 Å². The van der Waals surface area contributed by atoms with Gasteiger partial charge in [0.15, 0.2) is 0 Å². The highest BCUT2D eigenvalue weighted by Gasteiger charge is 2.20. The highest BCUT2D eigenvalue weighted by atomic mass is 79.9. The first-order chi connectivity index (χ1) is 19.2. The average molecular weight is 583 g/mol. The second-order valence-electron chi connectivity index (χ2n) is 10.2. The fraction of sp³-hybridized carbons (Fsp3) is 0.0556. The van der Waals surface area contributed by atoms with Crippen LogP contribution in [0.1, 0.15) is 17.7 Å². The highest BCUT2D eigenvalue weighted by molar-refractivity contribution is 9.10. The summed E-state index contributed by atoms with van der Waals surface area (Å²) in [4.78, 5) is 0. The lowest BCUT2D eigenvalue weighted by Gasteiger charge is -2.13. The average Bonchev–Trinajstić information content (AvgIpc) is 3.52. The molecular formula is C36H24BrNS. The van der Waals surface area contributed by atoms with Crippen molar-refractivity contribution < 1.29 is 0 Å². The molecule has 5 aromatic carbocycles. The fourth-order valence-electron chi connectivity index (χ4n) is 6.10. The van der Waals surface area contributed by atoms with Crippen LogP contribution in [0.2, 0.25) is 0 Å². The van der Waals surface area contributed by atoms with Crippen molar-refractivity contribution in [3.63, 3.8) is 0 Å². The molecule has 0 saturated heterocycles. The quantitative estimate of drug-likeness (QED) is 0.195. The summed E-state index contributed by atoms with van der Waals surface area (Å²) in [7, 11) is 0. The number of rotatable bonds is 3. The van der Waals surface area contributed by atoms with Gasteiger partial charge in [0.05, 0.1) is 5.52 Å². The molecule has 1 aliphatic rings. The van der Waals surface area contributed by atoms with E-state index in [1.165, 1.54) is 70.3 Å².